The molecule has 0 N–H and O–H groups in total. The van der Waals surface area contributed by atoms with Gasteiger partial charge in [-0.1, -0.05) is 84.9 Å². The summed E-state index contributed by atoms with van der Waals surface area (Å²) in [5.74, 6) is 0. The van der Waals surface area contributed by atoms with Gasteiger partial charge in [0.05, 0.1) is 82.5 Å². The molecule has 6 rings (SSSR count). The van der Waals surface area contributed by atoms with Crippen molar-refractivity contribution >= 4 is 67.8 Å². The summed E-state index contributed by atoms with van der Waals surface area (Å²) < 4.78 is 118. The van der Waals surface area contributed by atoms with Gasteiger partial charge in [-0.15, -0.1) is 0 Å². The molecule has 0 aliphatic rings. The van der Waals surface area contributed by atoms with E-state index >= 15 is 0 Å². The topological polar surface area (TPSA) is 237 Å². The molecule has 4 aromatic carbocycles. The average molecular weight is 1020 g/mol. The van der Waals surface area contributed by atoms with E-state index in [1.165, 1.54) is 13.8 Å². The normalized spacial score (nSPS) is 11.0. The number of para-hydroxylation sites is 4. The standard InChI is InChI=1S/2C19H15N3.2C2H3N.2CHF3O3S.Zn/c2*1-3-8-16(9-4-1)20-14-18-12-7-13-19(22-18)15-21-17-10-5-2-6-11-17;2*1-2-3;2*2-1(3,4)8(5,6)7;/h2*1-15H;2*1H3;2*(H,5,6,7);/q;;;;;;+2/p-2. The zero-order valence-corrected chi connectivity index (χ0v) is 39.7. The van der Waals surface area contributed by atoms with Crippen LogP contribution in [0.3, 0.4) is 0 Å². The summed E-state index contributed by atoms with van der Waals surface area (Å²) >= 11 is 0. The second-order valence-electron chi connectivity index (χ2n) is 11.6. The van der Waals surface area contributed by atoms with E-state index in [0.29, 0.717) is 0 Å². The van der Waals surface area contributed by atoms with E-state index in [9.17, 15) is 26.3 Å². The summed E-state index contributed by atoms with van der Waals surface area (Å²) in [7, 11) is -12.2. The average Bonchev–Trinajstić information content (AvgIpc) is 3.28. The van der Waals surface area contributed by atoms with Gasteiger partial charge in [-0.05, 0) is 72.8 Å². The van der Waals surface area contributed by atoms with Gasteiger partial charge in [-0.3, -0.25) is 20.0 Å². The van der Waals surface area contributed by atoms with Gasteiger partial charge >= 0.3 is 30.5 Å². The molecule has 6 aromatic rings. The van der Waals surface area contributed by atoms with Crippen LogP contribution in [0.4, 0.5) is 49.1 Å². The van der Waals surface area contributed by atoms with Crippen LogP contribution in [0, 0.1) is 22.7 Å². The first-order chi connectivity index (χ1) is 31.1. The molecule has 0 fully saturated rings. The fourth-order valence-corrected chi connectivity index (χ4v) is 3.84. The molecule has 0 atom stereocenters. The maximum absolute atomic E-state index is 10.7. The summed E-state index contributed by atoms with van der Waals surface area (Å²) in [4.78, 5) is 26.6. The van der Waals surface area contributed by atoms with Crippen molar-refractivity contribution in [2.45, 2.75) is 24.9 Å². The second-order valence-corrected chi connectivity index (χ2v) is 14.3. The van der Waals surface area contributed by atoms with E-state index in [0.717, 1.165) is 45.5 Å². The number of hydrogen-bond donors (Lipinski definition) is 0. The van der Waals surface area contributed by atoms with Gasteiger partial charge in [-0.2, -0.15) is 36.9 Å². The number of nitrogens with zero attached hydrogens (tertiary/aromatic N) is 8. The third kappa shape index (κ3) is 27.7. The molecule has 0 saturated heterocycles. The van der Waals surface area contributed by atoms with Crippen LogP contribution in [0.5, 0.6) is 0 Å². The monoisotopic (exact) mass is 1010 g/mol. The van der Waals surface area contributed by atoms with Gasteiger partial charge in [0.15, 0.2) is 20.2 Å². The smallest absolute Gasteiger partial charge is 0.741 e. The Balaban J connectivity index is 0.000000902. The van der Waals surface area contributed by atoms with Crippen LogP contribution in [0.15, 0.2) is 178 Å². The molecule has 344 valence electrons. The van der Waals surface area contributed by atoms with E-state index in [1.807, 2.05) is 158 Å². The van der Waals surface area contributed by atoms with Gasteiger partial charge < -0.3 is 9.11 Å². The van der Waals surface area contributed by atoms with Crippen LogP contribution in [0.25, 0.3) is 0 Å². The van der Waals surface area contributed by atoms with Crippen molar-refractivity contribution in [2.75, 3.05) is 0 Å². The number of alkyl halides is 6. The predicted molar refractivity (Wildman–Crippen MR) is 237 cm³/mol. The number of halogens is 6. The molecule has 2 aromatic heterocycles. The maximum atomic E-state index is 10.7. The summed E-state index contributed by atoms with van der Waals surface area (Å²) in [5, 5.41) is 14.6. The van der Waals surface area contributed by atoms with Crippen molar-refractivity contribution < 1.29 is 71.8 Å². The Morgan fingerprint density at radius 1 is 0.433 bits per heavy atom. The van der Waals surface area contributed by atoms with Crippen molar-refractivity contribution in [3.8, 4) is 12.1 Å². The molecule has 0 radical (unpaired) electrons. The Hall–Kier alpha value is -7.14. The summed E-state index contributed by atoms with van der Waals surface area (Å²) in [6.45, 7) is 2.86. The van der Waals surface area contributed by atoms with Gasteiger partial charge in [0.1, 0.15) is 0 Å². The molecule has 0 unspecified atom stereocenters. The Bertz CT molecular complexity index is 2460. The molecule has 23 heteroatoms. The number of aliphatic imine (C=N–C) groups is 4. The molecule has 14 nitrogen and oxygen atoms in total. The Morgan fingerprint density at radius 3 is 0.746 bits per heavy atom. The molecule has 67 heavy (non-hydrogen) atoms. The minimum absolute atomic E-state index is 0. The van der Waals surface area contributed by atoms with Crippen molar-refractivity contribution in [1.82, 2.24) is 9.97 Å². The minimum Gasteiger partial charge on any atom is -0.741 e. The van der Waals surface area contributed by atoms with Crippen LogP contribution in [0.2, 0.25) is 0 Å². The van der Waals surface area contributed by atoms with Crippen LogP contribution in [-0.2, 0) is 39.7 Å². The summed E-state index contributed by atoms with van der Waals surface area (Å²) in [6.07, 6.45) is 7.04. The van der Waals surface area contributed by atoms with E-state index in [1.54, 1.807) is 37.0 Å². The van der Waals surface area contributed by atoms with Gasteiger partial charge in [0.2, 0.25) is 0 Å². The largest absolute Gasteiger partial charge is 2.00 e. The summed E-state index contributed by atoms with van der Waals surface area (Å²) in [5.41, 5.74) is -4.43. The maximum Gasteiger partial charge on any atom is 2.00 e. The first-order valence-electron chi connectivity index (χ1n) is 18.1. The zero-order valence-electron chi connectivity index (χ0n) is 35.1. The second kappa shape index (κ2) is 31.7. The molecule has 0 aliphatic heterocycles. The van der Waals surface area contributed by atoms with E-state index in [-0.39, 0.29) is 19.5 Å². The number of hydrogen-bond acceptors (Lipinski definition) is 14. The molecule has 0 amide bonds. The van der Waals surface area contributed by atoms with E-state index in [4.69, 9.17) is 36.5 Å². The Kier molecular flexibility index (Phi) is 28.3. The molecule has 0 saturated carbocycles. The van der Waals surface area contributed by atoms with Crippen LogP contribution < -0.4 is 0 Å². The Morgan fingerprint density at radius 2 is 0.597 bits per heavy atom. The molecule has 2 heterocycles. The number of rotatable bonds is 8. The predicted octanol–water partition coefficient (Wildman–Crippen LogP) is 10.3. The number of pyridine rings is 2. The van der Waals surface area contributed by atoms with E-state index in [2.05, 4.69) is 29.9 Å². The zero-order chi connectivity index (χ0) is 49.5. The first-order valence-corrected chi connectivity index (χ1v) is 20.9. The third-order valence-corrected chi connectivity index (χ3v) is 7.69. The van der Waals surface area contributed by atoms with Crippen molar-refractivity contribution in [3.05, 3.63) is 181 Å². The molecular formula is C44H36F6N8O6S2Zn. The molecule has 0 spiro atoms. The SMILES string of the molecule is C(=Nc1ccccc1)c1cccc(C=Nc2ccccc2)n1.C(=Nc1ccccc1)c1cccc(C=Nc2ccccc2)n1.CC#N.CC#N.O=S(=O)([O-])C(F)(F)F.O=S(=O)([O-])C(F)(F)F.[Zn+2]. The van der Waals surface area contributed by atoms with Crippen LogP contribution >= 0.6 is 0 Å². The third-order valence-electron chi connectivity index (χ3n) is 6.56. The molecular weight excluding hydrogens is 980 g/mol. The minimum atomic E-state index is -6.09. The Labute approximate surface area is 395 Å². The van der Waals surface area contributed by atoms with Gasteiger partial charge in [0, 0.05) is 13.8 Å². The quantitative estimate of drug-likeness (QED) is 0.0459. The number of aromatic nitrogens is 2. The van der Waals surface area contributed by atoms with Crippen LogP contribution in [0.1, 0.15) is 36.6 Å². The fourth-order valence-electron chi connectivity index (χ4n) is 3.84. The molecule has 0 aliphatic carbocycles. The van der Waals surface area contributed by atoms with E-state index < -0.39 is 31.3 Å². The van der Waals surface area contributed by atoms with Crippen molar-refractivity contribution in [1.29, 1.82) is 10.5 Å². The summed E-state index contributed by atoms with van der Waals surface area (Å²) in [6, 6.07) is 54.3. The molecule has 0 bridgehead atoms. The number of nitriles is 2. The van der Waals surface area contributed by atoms with Gasteiger partial charge in [-0.25, -0.2) is 26.8 Å². The van der Waals surface area contributed by atoms with Crippen LogP contribution in [-0.4, -0.2) is 71.8 Å². The van der Waals surface area contributed by atoms with Crippen molar-refractivity contribution in [2.24, 2.45) is 20.0 Å². The number of benzene rings is 4. The van der Waals surface area contributed by atoms with Crippen molar-refractivity contribution in [3.63, 3.8) is 0 Å². The van der Waals surface area contributed by atoms with Gasteiger partial charge in [0.25, 0.3) is 0 Å². The first kappa shape index (κ1) is 59.9. The fraction of sp³-hybridized carbons (Fsp3) is 0.0909.